The maximum atomic E-state index is 11.1. The Morgan fingerprint density at radius 1 is 1.38 bits per heavy atom. The number of carboxylic acids is 1. The fourth-order valence-corrected chi connectivity index (χ4v) is 3.58. The number of hydrogen-bond acceptors (Lipinski definition) is 4. The molecule has 0 bridgehead atoms. The average molecular weight is 386 g/mol. The minimum absolute atomic E-state index is 0.0349. The second-order valence-electron chi connectivity index (χ2n) is 8.37. The van der Waals surface area contributed by atoms with E-state index >= 15 is 0 Å². The quantitative estimate of drug-likeness (QED) is 0.588. The Kier molecular flexibility index (Phi) is 5.48. The van der Waals surface area contributed by atoms with E-state index in [0.717, 1.165) is 22.4 Å². The first-order chi connectivity index (χ1) is 13.7. The summed E-state index contributed by atoms with van der Waals surface area (Å²) in [5.41, 5.74) is 5.10. The molecule has 2 aromatic carbocycles. The van der Waals surface area contributed by atoms with Crippen molar-refractivity contribution in [3.63, 3.8) is 0 Å². The van der Waals surface area contributed by atoms with E-state index in [9.17, 15) is 10.1 Å². The van der Waals surface area contributed by atoms with Crippen molar-refractivity contribution >= 4 is 27.3 Å². The van der Waals surface area contributed by atoms with Crippen molar-refractivity contribution in [2.45, 2.75) is 25.0 Å². The summed E-state index contributed by atoms with van der Waals surface area (Å²) in [6.07, 6.45) is 0. The third kappa shape index (κ3) is 3.88. The van der Waals surface area contributed by atoms with Crippen LogP contribution >= 0.6 is 0 Å². The van der Waals surface area contributed by atoms with E-state index in [1.165, 1.54) is 5.56 Å². The minimum atomic E-state index is -1.06. The molecular formula is C22H24B2N2O3. The Morgan fingerprint density at radius 2 is 2.03 bits per heavy atom. The molecule has 1 aliphatic rings. The summed E-state index contributed by atoms with van der Waals surface area (Å²) in [6, 6.07) is 12.5. The van der Waals surface area contributed by atoms with Crippen LogP contribution < -0.4 is 10.1 Å². The van der Waals surface area contributed by atoms with Gasteiger partial charge in [-0.05, 0) is 28.3 Å². The van der Waals surface area contributed by atoms with E-state index in [1.807, 2.05) is 21.8 Å². The number of nitrogens with one attached hydrogen (secondary N) is 1. The third-order valence-electron chi connectivity index (χ3n) is 5.33. The fraction of sp³-hybridized carbons (Fsp3) is 0.273. The first-order valence-electron chi connectivity index (χ1n) is 9.65. The number of ether oxygens (including phenoxy) is 1. The molecule has 0 spiro atoms. The summed E-state index contributed by atoms with van der Waals surface area (Å²) in [4.78, 5) is 11.1. The van der Waals surface area contributed by atoms with Gasteiger partial charge < -0.3 is 15.2 Å². The van der Waals surface area contributed by atoms with Gasteiger partial charge in [0.15, 0.2) is 0 Å². The normalized spacial score (nSPS) is 14.0. The average Bonchev–Trinajstić information content (AvgIpc) is 3.00. The van der Waals surface area contributed by atoms with Crippen LogP contribution in [0.4, 0.5) is 5.69 Å². The number of hydrogen-bond donors (Lipinski definition) is 2. The Bertz CT molecular complexity index is 1020. The molecule has 0 saturated carbocycles. The summed E-state index contributed by atoms with van der Waals surface area (Å²) in [6.45, 7) is 8.40. The highest BCUT2D eigenvalue weighted by Crippen LogP contribution is 2.47. The molecule has 1 aliphatic heterocycles. The van der Waals surface area contributed by atoms with Gasteiger partial charge in [-0.2, -0.15) is 5.26 Å². The standard InChI is InChI=1S/C22H24B2N2O3/c1-12(2)14-4-6-15(7-5-14)16-8-18(26-10-13(3)21(27)28)17(9-25)19-20(16)29-11-22(19,23)24/h4-8,12,26H,3,10-11,23-24H2,1-2H3,(H,27,28). The molecule has 0 amide bonds. The SMILES string of the molecule is BC1(B)COc2c(-c3ccc(C(C)C)cc3)cc(NCC(=C)C(=O)O)c(C#N)c21. The van der Waals surface area contributed by atoms with Gasteiger partial charge in [-0.1, -0.05) is 44.7 Å². The zero-order valence-electron chi connectivity index (χ0n) is 17.3. The fourth-order valence-electron chi connectivity index (χ4n) is 3.58. The van der Waals surface area contributed by atoms with Crippen molar-refractivity contribution in [2.75, 3.05) is 18.5 Å². The summed E-state index contributed by atoms with van der Waals surface area (Å²) < 4.78 is 6.05. The molecule has 3 rings (SSSR count). The molecule has 1 heterocycles. The highest BCUT2D eigenvalue weighted by Gasteiger charge is 2.37. The lowest BCUT2D eigenvalue weighted by atomic mass is 9.51. The molecule has 0 saturated heterocycles. The van der Waals surface area contributed by atoms with Gasteiger partial charge in [0.05, 0.1) is 17.9 Å². The van der Waals surface area contributed by atoms with Crippen LogP contribution in [0.15, 0.2) is 42.5 Å². The second-order valence-corrected chi connectivity index (χ2v) is 8.37. The van der Waals surface area contributed by atoms with E-state index in [4.69, 9.17) is 9.84 Å². The maximum Gasteiger partial charge on any atom is 0.332 e. The van der Waals surface area contributed by atoms with Crippen molar-refractivity contribution in [2.24, 2.45) is 0 Å². The second kappa shape index (κ2) is 7.71. The molecule has 0 unspecified atom stereocenters. The van der Waals surface area contributed by atoms with Crippen LogP contribution in [0, 0.1) is 11.3 Å². The predicted octanol–water partition coefficient (Wildman–Crippen LogP) is 2.21. The van der Waals surface area contributed by atoms with Crippen molar-refractivity contribution in [3.05, 3.63) is 59.2 Å². The van der Waals surface area contributed by atoms with E-state index in [1.54, 1.807) is 0 Å². The van der Waals surface area contributed by atoms with Gasteiger partial charge in [0, 0.05) is 23.2 Å². The molecule has 0 radical (unpaired) electrons. The summed E-state index contributed by atoms with van der Waals surface area (Å²) in [7, 11) is 4.09. The van der Waals surface area contributed by atoms with Gasteiger partial charge in [-0.3, -0.25) is 0 Å². The molecule has 146 valence electrons. The predicted molar refractivity (Wildman–Crippen MR) is 120 cm³/mol. The number of nitrogens with zero attached hydrogens (tertiary/aromatic N) is 1. The van der Waals surface area contributed by atoms with Crippen molar-refractivity contribution in [1.29, 1.82) is 5.26 Å². The zero-order chi connectivity index (χ0) is 21.3. The summed E-state index contributed by atoms with van der Waals surface area (Å²) >= 11 is 0. The topological polar surface area (TPSA) is 82.3 Å². The molecule has 7 heteroatoms. The van der Waals surface area contributed by atoms with E-state index in [2.05, 4.69) is 56.1 Å². The number of benzene rings is 2. The summed E-state index contributed by atoms with van der Waals surface area (Å²) in [5, 5.41) is 21.7. The largest absolute Gasteiger partial charge is 0.493 e. The number of nitriles is 1. The van der Waals surface area contributed by atoms with E-state index in [-0.39, 0.29) is 17.3 Å². The molecule has 5 nitrogen and oxygen atoms in total. The lowest BCUT2D eigenvalue weighted by Crippen LogP contribution is -2.29. The molecule has 29 heavy (non-hydrogen) atoms. The van der Waals surface area contributed by atoms with Gasteiger partial charge in [-0.15, -0.1) is 0 Å². The van der Waals surface area contributed by atoms with Crippen molar-refractivity contribution in [1.82, 2.24) is 0 Å². The summed E-state index contributed by atoms with van der Waals surface area (Å²) in [5.74, 6) is 0.0990. The number of carboxylic acid groups (broad SMARTS) is 1. The number of fused-ring (bicyclic) bond motifs is 1. The first-order valence-corrected chi connectivity index (χ1v) is 9.65. The Hall–Kier alpha value is -3.13. The molecule has 0 aliphatic carbocycles. The number of rotatable bonds is 6. The number of aliphatic carboxylic acids is 1. The van der Waals surface area contributed by atoms with Crippen LogP contribution in [-0.4, -0.2) is 39.9 Å². The highest BCUT2D eigenvalue weighted by atomic mass is 16.5. The Balaban J connectivity index is 2.15. The van der Waals surface area contributed by atoms with E-state index in [0.29, 0.717) is 23.8 Å². The molecular weight excluding hydrogens is 362 g/mol. The molecule has 2 N–H and O–H groups in total. The van der Waals surface area contributed by atoms with Crippen LogP contribution in [0.25, 0.3) is 11.1 Å². The van der Waals surface area contributed by atoms with Crippen LogP contribution in [0.1, 0.15) is 36.5 Å². The number of carbonyl (C=O) groups is 1. The minimum Gasteiger partial charge on any atom is -0.493 e. The smallest absolute Gasteiger partial charge is 0.332 e. The van der Waals surface area contributed by atoms with Crippen molar-refractivity contribution in [3.8, 4) is 22.9 Å². The van der Waals surface area contributed by atoms with Crippen LogP contribution in [0.2, 0.25) is 0 Å². The molecule has 2 aromatic rings. The highest BCUT2D eigenvalue weighted by molar-refractivity contribution is 6.41. The van der Waals surface area contributed by atoms with E-state index < -0.39 is 5.97 Å². The third-order valence-corrected chi connectivity index (χ3v) is 5.33. The van der Waals surface area contributed by atoms with Crippen LogP contribution in [0.3, 0.4) is 0 Å². The van der Waals surface area contributed by atoms with Gasteiger partial charge in [-0.25, -0.2) is 4.79 Å². The molecule has 0 aromatic heterocycles. The van der Waals surface area contributed by atoms with Crippen LogP contribution in [-0.2, 0) is 10.0 Å². The Morgan fingerprint density at radius 3 is 2.59 bits per heavy atom. The molecule has 0 atom stereocenters. The van der Waals surface area contributed by atoms with Gasteiger partial charge in [0.25, 0.3) is 0 Å². The Labute approximate surface area is 173 Å². The maximum absolute atomic E-state index is 11.1. The van der Waals surface area contributed by atoms with Crippen LogP contribution in [0.5, 0.6) is 5.75 Å². The van der Waals surface area contributed by atoms with Gasteiger partial charge in [0.2, 0.25) is 0 Å². The lowest BCUT2D eigenvalue weighted by molar-refractivity contribution is -0.132. The van der Waals surface area contributed by atoms with Crippen molar-refractivity contribution < 1.29 is 14.6 Å². The first kappa shape index (κ1) is 20.6. The lowest BCUT2D eigenvalue weighted by Gasteiger charge is -2.20. The number of anilines is 1. The van der Waals surface area contributed by atoms with Gasteiger partial charge in [0.1, 0.15) is 27.5 Å². The van der Waals surface area contributed by atoms with Gasteiger partial charge >= 0.3 is 5.97 Å². The monoisotopic (exact) mass is 386 g/mol. The molecule has 0 fully saturated rings. The zero-order valence-corrected chi connectivity index (χ0v) is 17.3.